The molecule has 2 aromatic rings. The molecule has 108 valence electrons. The zero-order chi connectivity index (χ0) is 13.9. The van der Waals surface area contributed by atoms with Crippen molar-refractivity contribution in [1.29, 1.82) is 0 Å². The molecule has 1 aliphatic carbocycles. The highest BCUT2D eigenvalue weighted by molar-refractivity contribution is 9.10. The van der Waals surface area contributed by atoms with Crippen LogP contribution in [-0.4, -0.2) is 16.5 Å². The maximum atomic E-state index is 11.3. The highest BCUT2D eigenvalue weighted by Crippen LogP contribution is 2.28. The minimum absolute atomic E-state index is 0.161. The van der Waals surface area contributed by atoms with Gasteiger partial charge in [0.2, 0.25) is 0 Å². The number of fused-ring (bicyclic) bond motifs is 1. The van der Waals surface area contributed by atoms with Gasteiger partial charge in [-0.15, -0.1) is 0 Å². The van der Waals surface area contributed by atoms with E-state index in [2.05, 4.69) is 31.2 Å². The summed E-state index contributed by atoms with van der Waals surface area (Å²) in [5.41, 5.74) is 2.56. The van der Waals surface area contributed by atoms with E-state index >= 15 is 0 Å². The Morgan fingerprint density at radius 1 is 1.15 bits per heavy atom. The molecule has 1 aromatic heterocycles. The number of aromatic nitrogens is 2. The monoisotopic (exact) mass is 337 g/mol. The van der Waals surface area contributed by atoms with E-state index in [9.17, 15) is 4.79 Å². The lowest BCUT2D eigenvalue weighted by Gasteiger charge is -2.21. The smallest absolute Gasteiger partial charge is 0.323 e. The second-order valence-electron chi connectivity index (χ2n) is 5.68. The van der Waals surface area contributed by atoms with Gasteiger partial charge in [0.1, 0.15) is 0 Å². The summed E-state index contributed by atoms with van der Waals surface area (Å²) in [5.74, 6) is 0.880. The van der Waals surface area contributed by atoms with Gasteiger partial charge >= 0.3 is 5.69 Å². The van der Waals surface area contributed by atoms with E-state index in [1.807, 2.05) is 12.1 Å². The van der Waals surface area contributed by atoms with Crippen molar-refractivity contribution >= 4 is 32.7 Å². The van der Waals surface area contributed by atoms with Crippen LogP contribution < -0.4 is 11.0 Å². The fraction of sp³-hybridized carbons (Fsp3) is 0.533. The van der Waals surface area contributed by atoms with Gasteiger partial charge in [0.25, 0.3) is 0 Å². The van der Waals surface area contributed by atoms with Crippen LogP contribution in [-0.2, 0) is 0 Å². The molecule has 5 heteroatoms. The summed E-state index contributed by atoms with van der Waals surface area (Å²) >= 11 is 3.55. The van der Waals surface area contributed by atoms with Gasteiger partial charge in [-0.25, -0.2) is 4.79 Å². The maximum Gasteiger partial charge on any atom is 0.323 e. The third kappa shape index (κ3) is 3.08. The van der Waals surface area contributed by atoms with Crippen molar-refractivity contribution in [2.45, 2.75) is 38.5 Å². The molecule has 3 N–H and O–H groups in total. The number of benzene rings is 1. The summed E-state index contributed by atoms with van der Waals surface area (Å²) in [7, 11) is 0. The van der Waals surface area contributed by atoms with Gasteiger partial charge < -0.3 is 15.3 Å². The molecule has 1 aromatic carbocycles. The van der Waals surface area contributed by atoms with Gasteiger partial charge in [0.15, 0.2) is 0 Å². The molecule has 1 fully saturated rings. The number of nitrogens with one attached hydrogen (secondary N) is 3. The molecule has 4 nitrogen and oxygen atoms in total. The topological polar surface area (TPSA) is 60.7 Å². The second kappa shape index (κ2) is 6.04. The molecule has 1 saturated carbocycles. The molecular formula is C15H20BrN3O. The predicted octanol–water partition coefficient (Wildman–Crippen LogP) is 4.00. The van der Waals surface area contributed by atoms with Crippen molar-refractivity contribution in [3.05, 3.63) is 27.1 Å². The predicted molar refractivity (Wildman–Crippen MR) is 86.3 cm³/mol. The maximum absolute atomic E-state index is 11.3. The van der Waals surface area contributed by atoms with Crippen LogP contribution >= 0.6 is 15.9 Å². The first-order chi connectivity index (χ1) is 9.72. The highest BCUT2D eigenvalue weighted by Gasteiger charge is 2.13. The van der Waals surface area contributed by atoms with Crippen molar-refractivity contribution in [1.82, 2.24) is 9.97 Å². The van der Waals surface area contributed by atoms with Crippen LogP contribution in [0.3, 0.4) is 0 Å². The lowest BCUT2D eigenvalue weighted by molar-refractivity contribution is 0.345. The summed E-state index contributed by atoms with van der Waals surface area (Å²) in [6, 6.07) is 3.92. The fourth-order valence-corrected chi connectivity index (χ4v) is 3.56. The minimum Gasteiger partial charge on any atom is -0.384 e. The van der Waals surface area contributed by atoms with Crippen LogP contribution in [0.5, 0.6) is 0 Å². The molecule has 1 aliphatic rings. The first kappa shape index (κ1) is 13.7. The number of hydrogen-bond acceptors (Lipinski definition) is 2. The zero-order valence-electron chi connectivity index (χ0n) is 11.5. The van der Waals surface area contributed by atoms with E-state index in [0.29, 0.717) is 0 Å². The van der Waals surface area contributed by atoms with Gasteiger partial charge in [-0.1, -0.05) is 32.1 Å². The number of imidazole rings is 1. The lowest BCUT2D eigenvalue weighted by atomic mass is 9.87. The van der Waals surface area contributed by atoms with E-state index in [1.165, 1.54) is 38.5 Å². The number of rotatable bonds is 4. The Bertz CT molecular complexity index is 640. The van der Waals surface area contributed by atoms with Crippen molar-refractivity contribution in [3.63, 3.8) is 0 Å². The average Bonchev–Trinajstić information content (AvgIpc) is 2.79. The molecule has 0 radical (unpaired) electrons. The average molecular weight is 338 g/mol. The third-order valence-corrected chi connectivity index (χ3v) is 4.85. The summed E-state index contributed by atoms with van der Waals surface area (Å²) in [6.45, 7) is 0.990. The second-order valence-corrected chi connectivity index (χ2v) is 6.53. The van der Waals surface area contributed by atoms with Crippen molar-refractivity contribution in [3.8, 4) is 0 Å². The molecule has 0 aliphatic heterocycles. The van der Waals surface area contributed by atoms with Gasteiger partial charge in [-0.05, 0) is 40.4 Å². The number of halogens is 1. The molecular weight excluding hydrogens is 318 g/mol. The fourth-order valence-electron chi connectivity index (χ4n) is 3.08. The summed E-state index contributed by atoms with van der Waals surface area (Å²) in [5, 5.41) is 3.48. The molecule has 1 heterocycles. The van der Waals surface area contributed by atoms with Gasteiger partial charge in [-0.3, -0.25) is 0 Å². The van der Waals surface area contributed by atoms with Crippen LogP contribution in [0, 0.1) is 5.92 Å². The quantitative estimate of drug-likeness (QED) is 0.789. The third-order valence-electron chi connectivity index (χ3n) is 4.20. The Labute approximate surface area is 126 Å². The number of anilines is 1. The number of hydrogen-bond donors (Lipinski definition) is 3. The van der Waals surface area contributed by atoms with E-state index in [4.69, 9.17) is 0 Å². The minimum atomic E-state index is -0.161. The molecule has 0 amide bonds. The Morgan fingerprint density at radius 2 is 1.85 bits per heavy atom. The molecule has 20 heavy (non-hydrogen) atoms. The molecule has 0 saturated heterocycles. The zero-order valence-corrected chi connectivity index (χ0v) is 13.1. The van der Waals surface area contributed by atoms with Crippen molar-refractivity contribution < 1.29 is 0 Å². The first-order valence-corrected chi connectivity index (χ1v) is 8.17. The SMILES string of the molecule is O=c1[nH]c2cc(Br)c(NCCC3CCCCC3)cc2[nH]1. The molecule has 0 unspecified atom stereocenters. The number of H-pyrrole nitrogens is 2. The Balaban J connectivity index is 1.64. The van der Waals surface area contributed by atoms with Crippen LogP contribution in [0.15, 0.2) is 21.4 Å². The Kier molecular flexibility index (Phi) is 4.15. The van der Waals surface area contributed by atoms with Crippen LogP contribution in [0.1, 0.15) is 38.5 Å². The van der Waals surface area contributed by atoms with Crippen LogP contribution in [0.2, 0.25) is 0 Å². The van der Waals surface area contributed by atoms with E-state index in [-0.39, 0.29) is 5.69 Å². The van der Waals surface area contributed by atoms with E-state index in [0.717, 1.165) is 33.7 Å². The number of aromatic amines is 2. The van der Waals surface area contributed by atoms with Crippen LogP contribution in [0.4, 0.5) is 5.69 Å². The molecule has 0 atom stereocenters. The molecule has 0 bridgehead atoms. The Morgan fingerprint density at radius 3 is 2.60 bits per heavy atom. The first-order valence-electron chi connectivity index (χ1n) is 7.38. The molecule has 0 spiro atoms. The van der Waals surface area contributed by atoms with Crippen molar-refractivity contribution in [2.24, 2.45) is 5.92 Å². The normalized spacial score (nSPS) is 16.6. The van der Waals surface area contributed by atoms with Gasteiger partial charge in [0.05, 0.1) is 16.7 Å². The lowest BCUT2D eigenvalue weighted by Crippen LogP contribution is -2.12. The summed E-state index contributed by atoms with van der Waals surface area (Å²) in [4.78, 5) is 16.8. The van der Waals surface area contributed by atoms with Gasteiger partial charge in [-0.2, -0.15) is 0 Å². The Hall–Kier alpha value is -1.23. The molecule has 3 rings (SSSR count). The summed E-state index contributed by atoms with van der Waals surface area (Å²) < 4.78 is 0.990. The van der Waals surface area contributed by atoms with E-state index < -0.39 is 0 Å². The van der Waals surface area contributed by atoms with Crippen LogP contribution in [0.25, 0.3) is 11.0 Å². The van der Waals surface area contributed by atoms with Gasteiger partial charge in [0, 0.05) is 11.0 Å². The largest absolute Gasteiger partial charge is 0.384 e. The summed E-state index contributed by atoms with van der Waals surface area (Å²) in [6.07, 6.45) is 8.19. The standard InChI is InChI=1S/C15H20BrN3O/c16-11-8-13-14(19-15(20)18-13)9-12(11)17-7-6-10-4-2-1-3-5-10/h8-10,17H,1-7H2,(H2,18,19,20). The highest BCUT2D eigenvalue weighted by atomic mass is 79.9. The van der Waals surface area contributed by atoms with Crippen molar-refractivity contribution in [2.75, 3.05) is 11.9 Å². The van der Waals surface area contributed by atoms with E-state index in [1.54, 1.807) is 0 Å².